The molecule has 0 aliphatic carbocycles. The Labute approximate surface area is 75.3 Å². The van der Waals surface area contributed by atoms with Gasteiger partial charge >= 0.3 is 0 Å². The van der Waals surface area contributed by atoms with Crippen LogP contribution in [0, 0.1) is 13.8 Å². The van der Waals surface area contributed by atoms with Crippen molar-refractivity contribution in [3.05, 3.63) is 17.0 Å². The van der Waals surface area contributed by atoms with Crippen LogP contribution in [0.5, 0.6) is 0 Å². The topological polar surface area (TPSA) is 107 Å². The summed E-state index contributed by atoms with van der Waals surface area (Å²) in [6.07, 6.45) is 0. The van der Waals surface area contributed by atoms with Gasteiger partial charge in [0.25, 0.3) is 5.91 Å². The highest BCUT2D eigenvalue weighted by Gasteiger charge is 2.13. The van der Waals surface area contributed by atoms with Crippen molar-refractivity contribution in [2.45, 2.75) is 13.8 Å². The molecule has 70 valence electrons. The maximum Gasteiger partial charge on any atom is 0.268 e. The Morgan fingerprint density at radius 3 is 2.15 bits per heavy atom. The number of hydrogen-bond donors (Lipinski definition) is 3. The SMILES string of the molecule is Cc1nc(N)nc(C)c1C(=O)NN. The second-order valence-electron chi connectivity index (χ2n) is 2.60. The molecule has 1 rings (SSSR count). The highest BCUT2D eigenvalue weighted by atomic mass is 16.2. The van der Waals surface area contributed by atoms with Crippen molar-refractivity contribution in [2.24, 2.45) is 5.84 Å². The third kappa shape index (κ3) is 1.73. The lowest BCUT2D eigenvalue weighted by Crippen LogP contribution is -2.31. The summed E-state index contributed by atoms with van der Waals surface area (Å²) < 4.78 is 0. The Morgan fingerprint density at radius 1 is 1.31 bits per heavy atom. The first-order valence-corrected chi connectivity index (χ1v) is 3.68. The van der Waals surface area contributed by atoms with E-state index in [0.717, 1.165) is 0 Å². The Kier molecular flexibility index (Phi) is 2.43. The van der Waals surface area contributed by atoms with Crippen LogP contribution in [0.15, 0.2) is 0 Å². The molecular weight excluding hydrogens is 170 g/mol. The maximum absolute atomic E-state index is 11.2. The molecule has 1 heterocycles. The van der Waals surface area contributed by atoms with Gasteiger partial charge in [0.2, 0.25) is 5.95 Å². The number of nitrogens with one attached hydrogen (secondary N) is 1. The predicted octanol–water partition coefficient (Wildman–Crippen LogP) is -0.721. The predicted molar refractivity (Wildman–Crippen MR) is 47.6 cm³/mol. The van der Waals surface area contributed by atoms with Crippen LogP contribution in [0.1, 0.15) is 21.7 Å². The average molecular weight is 181 g/mol. The Balaban J connectivity index is 3.28. The van der Waals surface area contributed by atoms with Gasteiger partial charge in [0.05, 0.1) is 17.0 Å². The lowest BCUT2D eigenvalue weighted by atomic mass is 10.1. The zero-order chi connectivity index (χ0) is 10.0. The van der Waals surface area contributed by atoms with Crippen LogP contribution in [0.4, 0.5) is 5.95 Å². The van der Waals surface area contributed by atoms with Crippen LogP contribution in [0.25, 0.3) is 0 Å². The average Bonchev–Trinajstić information content (AvgIpc) is 2.02. The molecule has 0 saturated heterocycles. The Hall–Kier alpha value is -1.69. The molecule has 0 radical (unpaired) electrons. The molecule has 0 spiro atoms. The number of aromatic nitrogens is 2. The first-order chi connectivity index (χ1) is 6.06. The molecule has 0 atom stereocenters. The molecule has 1 aromatic rings. The number of rotatable bonds is 1. The summed E-state index contributed by atoms with van der Waals surface area (Å²) in [4.78, 5) is 18.9. The monoisotopic (exact) mass is 181 g/mol. The number of anilines is 1. The third-order valence-corrected chi connectivity index (χ3v) is 1.65. The zero-order valence-corrected chi connectivity index (χ0v) is 7.46. The number of hydrogen-bond acceptors (Lipinski definition) is 5. The van der Waals surface area contributed by atoms with E-state index in [2.05, 4.69) is 9.97 Å². The summed E-state index contributed by atoms with van der Waals surface area (Å²) in [5, 5.41) is 0. The van der Waals surface area contributed by atoms with Crippen LogP contribution >= 0.6 is 0 Å². The fourth-order valence-electron chi connectivity index (χ4n) is 1.14. The van der Waals surface area contributed by atoms with Crippen LogP contribution in [-0.2, 0) is 0 Å². The molecular formula is C7H11N5O. The highest BCUT2D eigenvalue weighted by Crippen LogP contribution is 2.10. The van der Waals surface area contributed by atoms with E-state index in [-0.39, 0.29) is 5.95 Å². The second kappa shape index (κ2) is 3.36. The van der Waals surface area contributed by atoms with Crippen molar-refractivity contribution in [2.75, 3.05) is 5.73 Å². The molecule has 6 heteroatoms. The Morgan fingerprint density at radius 2 is 1.77 bits per heavy atom. The molecule has 0 saturated carbocycles. The van der Waals surface area contributed by atoms with Gasteiger partial charge in [-0.15, -0.1) is 0 Å². The third-order valence-electron chi connectivity index (χ3n) is 1.65. The van der Waals surface area contributed by atoms with Gasteiger partial charge in [-0.2, -0.15) is 0 Å². The van der Waals surface area contributed by atoms with Crippen molar-refractivity contribution < 1.29 is 4.79 Å². The molecule has 6 nitrogen and oxygen atoms in total. The van der Waals surface area contributed by atoms with Gasteiger partial charge in [-0.25, -0.2) is 15.8 Å². The minimum atomic E-state index is -0.407. The molecule has 0 unspecified atom stereocenters. The summed E-state index contributed by atoms with van der Waals surface area (Å²) in [5.41, 5.74) is 8.82. The van der Waals surface area contributed by atoms with Gasteiger partial charge in [-0.05, 0) is 13.8 Å². The number of nitrogens with zero attached hydrogens (tertiary/aromatic N) is 2. The summed E-state index contributed by atoms with van der Waals surface area (Å²) in [6, 6.07) is 0. The van der Waals surface area contributed by atoms with E-state index in [4.69, 9.17) is 11.6 Å². The van der Waals surface area contributed by atoms with Crippen molar-refractivity contribution >= 4 is 11.9 Å². The maximum atomic E-state index is 11.2. The van der Waals surface area contributed by atoms with E-state index in [1.807, 2.05) is 5.43 Å². The number of nitrogen functional groups attached to an aromatic ring is 2. The first-order valence-electron chi connectivity index (χ1n) is 3.68. The molecule has 13 heavy (non-hydrogen) atoms. The standard InChI is InChI=1S/C7H11N5O/c1-3-5(6(13)12-9)4(2)11-7(8)10-3/h9H2,1-2H3,(H,12,13)(H2,8,10,11). The van der Waals surface area contributed by atoms with Crippen molar-refractivity contribution in [3.8, 4) is 0 Å². The van der Waals surface area contributed by atoms with E-state index in [1.54, 1.807) is 13.8 Å². The molecule has 1 aromatic heterocycles. The first kappa shape index (κ1) is 9.40. The number of aryl methyl sites for hydroxylation is 2. The largest absolute Gasteiger partial charge is 0.368 e. The zero-order valence-electron chi connectivity index (χ0n) is 7.46. The van der Waals surface area contributed by atoms with Gasteiger partial charge < -0.3 is 5.73 Å². The van der Waals surface area contributed by atoms with E-state index >= 15 is 0 Å². The number of carbonyl (C=O) groups excluding carboxylic acids is 1. The second-order valence-corrected chi connectivity index (χ2v) is 2.60. The summed E-state index contributed by atoms with van der Waals surface area (Å²) in [5.74, 6) is 4.74. The van der Waals surface area contributed by atoms with Crippen LogP contribution in [-0.4, -0.2) is 15.9 Å². The van der Waals surface area contributed by atoms with Crippen LogP contribution in [0.3, 0.4) is 0 Å². The summed E-state index contributed by atoms with van der Waals surface area (Å²) in [6.45, 7) is 3.35. The minimum absolute atomic E-state index is 0.156. The quantitative estimate of drug-likeness (QED) is 0.301. The van der Waals surface area contributed by atoms with E-state index in [9.17, 15) is 4.79 Å². The summed E-state index contributed by atoms with van der Waals surface area (Å²) >= 11 is 0. The van der Waals surface area contributed by atoms with Gasteiger partial charge in [-0.3, -0.25) is 10.2 Å². The number of hydrazine groups is 1. The molecule has 1 amide bonds. The lowest BCUT2D eigenvalue weighted by molar-refractivity contribution is 0.0951. The Bertz CT molecular complexity index is 326. The molecule has 5 N–H and O–H groups in total. The number of nitrogens with two attached hydrogens (primary N) is 2. The fraction of sp³-hybridized carbons (Fsp3) is 0.286. The van der Waals surface area contributed by atoms with E-state index in [0.29, 0.717) is 17.0 Å². The van der Waals surface area contributed by atoms with E-state index in [1.165, 1.54) is 0 Å². The highest BCUT2D eigenvalue weighted by molar-refractivity contribution is 5.95. The van der Waals surface area contributed by atoms with Gasteiger partial charge in [0, 0.05) is 0 Å². The normalized spacial score (nSPS) is 9.77. The molecule has 0 fully saturated rings. The molecule has 0 aliphatic rings. The van der Waals surface area contributed by atoms with Gasteiger partial charge in [0.1, 0.15) is 0 Å². The lowest BCUT2D eigenvalue weighted by Gasteiger charge is -2.06. The number of carbonyl (C=O) groups is 1. The van der Waals surface area contributed by atoms with E-state index < -0.39 is 5.91 Å². The van der Waals surface area contributed by atoms with Crippen molar-refractivity contribution in [1.29, 1.82) is 0 Å². The van der Waals surface area contributed by atoms with Crippen LogP contribution in [0.2, 0.25) is 0 Å². The summed E-state index contributed by atoms with van der Waals surface area (Å²) in [7, 11) is 0. The fourth-order valence-corrected chi connectivity index (χ4v) is 1.14. The van der Waals surface area contributed by atoms with Crippen molar-refractivity contribution in [3.63, 3.8) is 0 Å². The van der Waals surface area contributed by atoms with Gasteiger partial charge in [0.15, 0.2) is 0 Å². The van der Waals surface area contributed by atoms with Crippen molar-refractivity contribution in [1.82, 2.24) is 15.4 Å². The molecule has 0 bridgehead atoms. The van der Waals surface area contributed by atoms with Crippen LogP contribution < -0.4 is 17.0 Å². The molecule has 0 aromatic carbocycles. The van der Waals surface area contributed by atoms with Gasteiger partial charge in [-0.1, -0.05) is 0 Å². The molecule has 0 aliphatic heterocycles. The minimum Gasteiger partial charge on any atom is -0.368 e. The smallest absolute Gasteiger partial charge is 0.268 e. The number of amides is 1.